The van der Waals surface area contributed by atoms with Gasteiger partial charge in [-0.3, -0.25) is 4.79 Å². The van der Waals surface area contributed by atoms with Gasteiger partial charge >= 0.3 is 0 Å². The van der Waals surface area contributed by atoms with Crippen molar-refractivity contribution >= 4 is 28.9 Å². The first-order valence-electron chi connectivity index (χ1n) is 7.30. The number of carbonyl (C=O) groups is 1. The SMILES string of the molecule is Cc1cc(C)c(C(N)=S)c(N2CCN3C(=O)CCC3C2)n1. The maximum Gasteiger partial charge on any atom is 0.223 e. The van der Waals surface area contributed by atoms with Crippen LogP contribution in [0.3, 0.4) is 0 Å². The van der Waals surface area contributed by atoms with E-state index in [2.05, 4.69) is 9.88 Å². The molecule has 1 amide bonds. The van der Waals surface area contributed by atoms with Crippen molar-refractivity contribution in [2.24, 2.45) is 5.73 Å². The first-order chi connectivity index (χ1) is 9.97. The molecule has 0 spiro atoms. The van der Waals surface area contributed by atoms with Gasteiger partial charge in [0.25, 0.3) is 0 Å². The number of fused-ring (bicyclic) bond motifs is 1. The van der Waals surface area contributed by atoms with E-state index in [1.165, 1.54) is 0 Å². The van der Waals surface area contributed by atoms with Gasteiger partial charge in [0.2, 0.25) is 5.91 Å². The molecule has 3 rings (SSSR count). The van der Waals surface area contributed by atoms with Crippen LogP contribution in [0.25, 0.3) is 0 Å². The molecule has 1 atom stereocenters. The minimum Gasteiger partial charge on any atom is -0.389 e. The van der Waals surface area contributed by atoms with Crippen LogP contribution in [-0.4, -0.2) is 46.5 Å². The van der Waals surface area contributed by atoms with Crippen molar-refractivity contribution in [2.45, 2.75) is 32.7 Å². The second-order valence-corrected chi connectivity index (χ2v) is 6.31. The first-order valence-corrected chi connectivity index (χ1v) is 7.70. The Balaban J connectivity index is 1.94. The molecular weight excluding hydrogens is 284 g/mol. The van der Waals surface area contributed by atoms with Crippen molar-refractivity contribution in [3.63, 3.8) is 0 Å². The van der Waals surface area contributed by atoms with E-state index in [1.807, 2.05) is 24.8 Å². The summed E-state index contributed by atoms with van der Waals surface area (Å²) < 4.78 is 0. The highest BCUT2D eigenvalue weighted by molar-refractivity contribution is 7.80. The quantitative estimate of drug-likeness (QED) is 0.830. The van der Waals surface area contributed by atoms with Crippen LogP contribution in [-0.2, 0) is 4.79 Å². The fourth-order valence-electron chi connectivity index (χ4n) is 3.41. The van der Waals surface area contributed by atoms with Crippen LogP contribution in [0.4, 0.5) is 5.82 Å². The van der Waals surface area contributed by atoms with Crippen LogP contribution < -0.4 is 10.6 Å². The second-order valence-electron chi connectivity index (χ2n) is 5.87. The third-order valence-electron chi connectivity index (χ3n) is 4.37. The van der Waals surface area contributed by atoms with Crippen molar-refractivity contribution in [1.82, 2.24) is 9.88 Å². The Hall–Kier alpha value is -1.69. The summed E-state index contributed by atoms with van der Waals surface area (Å²) in [6, 6.07) is 2.31. The number of pyridine rings is 1. The van der Waals surface area contributed by atoms with Gasteiger partial charge in [0.15, 0.2) is 0 Å². The van der Waals surface area contributed by atoms with E-state index >= 15 is 0 Å². The Morgan fingerprint density at radius 2 is 2.19 bits per heavy atom. The minimum absolute atomic E-state index is 0.280. The summed E-state index contributed by atoms with van der Waals surface area (Å²) in [5.74, 6) is 1.15. The predicted octanol–water partition coefficient (Wildman–Crippen LogP) is 1.14. The van der Waals surface area contributed by atoms with Gasteiger partial charge in [0, 0.05) is 37.8 Å². The lowest BCUT2D eigenvalue weighted by atomic mass is 10.1. The summed E-state index contributed by atoms with van der Waals surface area (Å²) in [5, 5.41) is 0. The Bertz CT molecular complexity index is 616. The van der Waals surface area contributed by atoms with E-state index in [1.54, 1.807) is 0 Å². The Labute approximate surface area is 130 Å². The number of rotatable bonds is 2. The number of carbonyl (C=O) groups excluding carboxylic acids is 1. The molecule has 0 radical (unpaired) electrons. The van der Waals surface area contributed by atoms with E-state index in [9.17, 15) is 4.79 Å². The number of amides is 1. The smallest absolute Gasteiger partial charge is 0.223 e. The van der Waals surface area contributed by atoms with Crippen molar-refractivity contribution < 1.29 is 4.79 Å². The summed E-state index contributed by atoms with van der Waals surface area (Å²) in [6.07, 6.45) is 1.60. The average Bonchev–Trinajstić information content (AvgIpc) is 2.78. The number of aromatic nitrogens is 1. The molecule has 1 aromatic rings. The van der Waals surface area contributed by atoms with Gasteiger partial charge in [0.1, 0.15) is 10.8 Å². The fraction of sp³-hybridized carbons (Fsp3) is 0.533. The van der Waals surface area contributed by atoms with Crippen LogP contribution in [0.15, 0.2) is 6.07 Å². The molecule has 2 N–H and O–H groups in total. The van der Waals surface area contributed by atoms with E-state index in [-0.39, 0.29) is 5.91 Å². The maximum atomic E-state index is 11.8. The van der Waals surface area contributed by atoms with Crippen molar-refractivity contribution in [2.75, 3.05) is 24.5 Å². The molecule has 2 aliphatic heterocycles. The van der Waals surface area contributed by atoms with Crippen LogP contribution in [0.5, 0.6) is 0 Å². The van der Waals surface area contributed by atoms with Gasteiger partial charge in [-0.05, 0) is 31.9 Å². The van der Waals surface area contributed by atoms with Crippen molar-refractivity contribution in [3.05, 3.63) is 22.9 Å². The summed E-state index contributed by atoms with van der Waals surface area (Å²) in [6.45, 7) is 6.36. The number of aryl methyl sites for hydroxylation is 2. The molecule has 0 aliphatic carbocycles. The highest BCUT2D eigenvalue weighted by atomic mass is 32.1. The Morgan fingerprint density at radius 3 is 2.90 bits per heavy atom. The summed E-state index contributed by atoms with van der Waals surface area (Å²) in [4.78, 5) is 21.1. The molecule has 0 bridgehead atoms. The predicted molar refractivity (Wildman–Crippen MR) is 86.5 cm³/mol. The van der Waals surface area contributed by atoms with Gasteiger partial charge in [-0.1, -0.05) is 12.2 Å². The topological polar surface area (TPSA) is 62.5 Å². The maximum absolute atomic E-state index is 11.8. The first kappa shape index (κ1) is 14.3. The third kappa shape index (κ3) is 2.48. The van der Waals surface area contributed by atoms with Crippen molar-refractivity contribution in [3.8, 4) is 0 Å². The molecule has 2 fully saturated rings. The van der Waals surface area contributed by atoms with Crippen molar-refractivity contribution in [1.29, 1.82) is 0 Å². The Morgan fingerprint density at radius 1 is 1.43 bits per heavy atom. The largest absolute Gasteiger partial charge is 0.389 e. The van der Waals surface area contributed by atoms with Gasteiger partial charge in [-0.15, -0.1) is 0 Å². The third-order valence-corrected chi connectivity index (χ3v) is 4.57. The van der Waals surface area contributed by atoms with Crippen LogP contribution in [0, 0.1) is 13.8 Å². The van der Waals surface area contributed by atoms with Crippen LogP contribution in [0.1, 0.15) is 29.7 Å². The monoisotopic (exact) mass is 304 g/mol. The number of hydrogen-bond donors (Lipinski definition) is 1. The van der Waals surface area contributed by atoms with Gasteiger partial charge in [-0.25, -0.2) is 4.98 Å². The highest BCUT2D eigenvalue weighted by Gasteiger charge is 2.36. The number of nitrogens with zero attached hydrogens (tertiary/aromatic N) is 3. The molecule has 2 aliphatic rings. The molecule has 21 heavy (non-hydrogen) atoms. The number of anilines is 1. The number of hydrogen-bond acceptors (Lipinski definition) is 4. The van der Waals surface area contributed by atoms with Gasteiger partial charge in [0.05, 0.1) is 5.56 Å². The molecule has 5 nitrogen and oxygen atoms in total. The van der Waals surface area contributed by atoms with Crippen LogP contribution >= 0.6 is 12.2 Å². The molecule has 1 aromatic heterocycles. The zero-order valence-corrected chi connectivity index (χ0v) is 13.2. The zero-order valence-electron chi connectivity index (χ0n) is 12.4. The normalized spacial score (nSPS) is 21.6. The molecule has 2 saturated heterocycles. The molecule has 1 unspecified atom stereocenters. The zero-order chi connectivity index (χ0) is 15.1. The van der Waals surface area contributed by atoms with Gasteiger partial charge < -0.3 is 15.5 Å². The average molecular weight is 304 g/mol. The van der Waals surface area contributed by atoms with E-state index in [4.69, 9.17) is 18.0 Å². The number of piperazine rings is 1. The molecule has 112 valence electrons. The summed E-state index contributed by atoms with van der Waals surface area (Å²) in [5.41, 5.74) is 8.80. The molecule has 3 heterocycles. The van der Waals surface area contributed by atoms with E-state index in [0.29, 0.717) is 17.5 Å². The highest BCUT2D eigenvalue weighted by Crippen LogP contribution is 2.28. The summed E-state index contributed by atoms with van der Waals surface area (Å²) >= 11 is 5.21. The van der Waals surface area contributed by atoms with Gasteiger partial charge in [-0.2, -0.15) is 0 Å². The lowest BCUT2D eigenvalue weighted by Crippen LogP contribution is -2.52. The standard InChI is InChI=1S/C15H20N4OS/c1-9-7-10(2)17-15(13(9)14(16)21)18-5-6-19-11(8-18)3-4-12(19)20/h7,11H,3-6,8H2,1-2H3,(H2,16,21). The molecule has 6 heteroatoms. The summed E-state index contributed by atoms with van der Waals surface area (Å²) in [7, 11) is 0. The van der Waals surface area contributed by atoms with Crippen LogP contribution in [0.2, 0.25) is 0 Å². The molecule has 0 aromatic carbocycles. The molecule has 0 saturated carbocycles. The number of thiocarbonyl (C=S) groups is 1. The lowest BCUT2D eigenvalue weighted by molar-refractivity contribution is -0.129. The van der Waals surface area contributed by atoms with E-state index in [0.717, 1.165) is 48.7 Å². The fourth-order valence-corrected chi connectivity index (χ4v) is 3.66. The second kappa shape index (κ2) is 5.26. The Kier molecular flexibility index (Phi) is 3.57. The number of nitrogens with two attached hydrogens (primary N) is 1. The lowest BCUT2D eigenvalue weighted by Gasteiger charge is -2.39. The minimum atomic E-state index is 0.280. The van der Waals surface area contributed by atoms with E-state index < -0.39 is 0 Å². The molecular formula is C15H20N4OS.